The van der Waals surface area contributed by atoms with Gasteiger partial charge in [0.1, 0.15) is 4.34 Å². The number of halogens is 3. The fourth-order valence-electron chi connectivity index (χ4n) is 2.24. The molecule has 0 radical (unpaired) electrons. The fourth-order valence-corrected chi connectivity index (χ4v) is 4.77. The summed E-state index contributed by atoms with van der Waals surface area (Å²) in [6.45, 7) is 0.469. The van der Waals surface area contributed by atoms with Crippen molar-refractivity contribution in [1.29, 1.82) is 0 Å². The summed E-state index contributed by atoms with van der Waals surface area (Å²) >= 11 is 21.1. The van der Waals surface area contributed by atoms with Crippen LogP contribution in [0.5, 0.6) is 0 Å². The molecule has 0 spiro atoms. The van der Waals surface area contributed by atoms with E-state index in [9.17, 15) is 4.79 Å². The molecule has 0 saturated carbocycles. The van der Waals surface area contributed by atoms with Gasteiger partial charge in [-0.15, -0.1) is 11.3 Å². The minimum absolute atomic E-state index is 0.0625. The van der Waals surface area contributed by atoms with Crippen LogP contribution in [0.2, 0.25) is 15.1 Å². The Labute approximate surface area is 181 Å². The Kier molecular flexibility index (Phi) is 7.44. The first-order valence-corrected chi connectivity index (χ1v) is 11.0. The van der Waals surface area contributed by atoms with Gasteiger partial charge in [-0.25, -0.2) is 4.98 Å². The molecule has 27 heavy (non-hydrogen) atoms. The van der Waals surface area contributed by atoms with E-state index in [2.05, 4.69) is 10.3 Å². The quantitative estimate of drug-likeness (QED) is 0.426. The van der Waals surface area contributed by atoms with Crippen LogP contribution in [0, 0.1) is 0 Å². The van der Waals surface area contributed by atoms with E-state index in [0.29, 0.717) is 27.4 Å². The van der Waals surface area contributed by atoms with Gasteiger partial charge in [0, 0.05) is 32.7 Å². The molecule has 0 fully saturated rings. The van der Waals surface area contributed by atoms with Gasteiger partial charge in [0.05, 0.1) is 12.1 Å². The molecule has 2 aromatic carbocycles. The van der Waals surface area contributed by atoms with Crippen molar-refractivity contribution in [2.24, 2.45) is 0 Å². The third-order valence-corrected chi connectivity index (χ3v) is 6.60. The molecule has 1 aromatic heterocycles. The van der Waals surface area contributed by atoms with Crippen molar-refractivity contribution in [1.82, 2.24) is 10.3 Å². The minimum atomic E-state index is -0.0625. The van der Waals surface area contributed by atoms with Crippen LogP contribution in [0.1, 0.15) is 16.8 Å². The van der Waals surface area contributed by atoms with Crippen LogP contribution >= 0.6 is 57.9 Å². The highest BCUT2D eigenvalue weighted by Crippen LogP contribution is 2.30. The summed E-state index contributed by atoms with van der Waals surface area (Å²) in [6.07, 6.45) is 0.256. The van der Waals surface area contributed by atoms with Gasteiger partial charge >= 0.3 is 0 Å². The lowest BCUT2D eigenvalue weighted by Gasteiger charge is -2.04. The van der Waals surface area contributed by atoms with Crippen molar-refractivity contribution in [2.45, 2.75) is 23.1 Å². The summed E-state index contributed by atoms with van der Waals surface area (Å²) in [6, 6.07) is 12.9. The molecule has 3 rings (SSSR count). The number of nitrogens with one attached hydrogen (secondary N) is 1. The summed E-state index contributed by atoms with van der Waals surface area (Å²) in [7, 11) is 0. The lowest BCUT2D eigenvalue weighted by Crippen LogP contribution is -2.24. The minimum Gasteiger partial charge on any atom is -0.352 e. The molecular formula is C19H15Cl3N2OS2. The van der Waals surface area contributed by atoms with Crippen molar-refractivity contribution >= 4 is 63.8 Å². The molecule has 0 aliphatic heterocycles. The Morgan fingerprint density at radius 2 is 1.81 bits per heavy atom. The summed E-state index contributed by atoms with van der Waals surface area (Å²) in [5.74, 6) is 0.638. The lowest BCUT2D eigenvalue weighted by molar-refractivity contribution is -0.120. The summed E-state index contributed by atoms with van der Waals surface area (Å²) in [5, 5.41) is 6.75. The van der Waals surface area contributed by atoms with Gasteiger partial charge in [-0.1, -0.05) is 64.8 Å². The molecule has 0 aliphatic rings. The Morgan fingerprint density at radius 1 is 1.07 bits per heavy atom. The zero-order valence-corrected chi connectivity index (χ0v) is 17.9. The fraction of sp³-hybridized carbons (Fsp3) is 0.158. The zero-order chi connectivity index (χ0) is 19.2. The van der Waals surface area contributed by atoms with E-state index in [0.717, 1.165) is 21.2 Å². The van der Waals surface area contributed by atoms with Crippen LogP contribution in [0.25, 0.3) is 0 Å². The van der Waals surface area contributed by atoms with Crippen molar-refractivity contribution in [2.75, 3.05) is 0 Å². The normalized spacial score (nSPS) is 10.8. The molecule has 0 aliphatic carbocycles. The first-order valence-electron chi connectivity index (χ1n) is 8.02. The van der Waals surface area contributed by atoms with Gasteiger partial charge < -0.3 is 5.32 Å². The number of hydrogen-bond acceptors (Lipinski definition) is 4. The number of carbonyl (C=O) groups is 1. The molecule has 1 heterocycles. The maximum absolute atomic E-state index is 12.1. The number of rotatable bonds is 7. The first-order chi connectivity index (χ1) is 13.0. The van der Waals surface area contributed by atoms with Gasteiger partial charge in [0.25, 0.3) is 0 Å². The van der Waals surface area contributed by atoms with Gasteiger partial charge in [0.15, 0.2) is 0 Å². The third-order valence-electron chi connectivity index (χ3n) is 3.64. The van der Waals surface area contributed by atoms with Crippen LogP contribution < -0.4 is 5.32 Å². The number of carbonyl (C=O) groups excluding carboxylic acids is 1. The second kappa shape index (κ2) is 9.80. The monoisotopic (exact) mass is 456 g/mol. The lowest BCUT2D eigenvalue weighted by atomic mass is 10.2. The Bertz CT molecular complexity index is 929. The van der Waals surface area contributed by atoms with Gasteiger partial charge in [-0.2, -0.15) is 0 Å². The largest absolute Gasteiger partial charge is 0.352 e. The molecule has 140 valence electrons. The molecule has 1 N–H and O–H groups in total. The molecule has 0 atom stereocenters. The average molecular weight is 458 g/mol. The molecule has 3 nitrogen and oxygen atoms in total. The van der Waals surface area contributed by atoms with Gasteiger partial charge in [0.2, 0.25) is 5.91 Å². The Balaban J connectivity index is 1.48. The average Bonchev–Trinajstić information content (AvgIpc) is 3.08. The van der Waals surface area contributed by atoms with E-state index >= 15 is 0 Å². The predicted octanol–water partition coefficient (Wildman–Crippen LogP) is 6.25. The molecule has 1 amide bonds. The molecule has 0 saturated heterocycles. The summed E-state index contributed by atoms with van der Waals surface area (Å²) in [5.41, 5.74) is 2.77. The number of nitrogens with zero attached hydrogens (tertiary/aromatic N) is 1. The van der Waals surface area contributed by atoms with Crippen LogP contribution in [0.3, 0.4) is 0 Å². The number of amides is 1. The van der Waals surface area contributed by atoms with Crippen molar-refractivity contribution in [3.8, 4) is 0 Å². The molecule has 3 aromatic rings. The van der Waals surface area contributed by atoms with Crippen LogP contribution in [0.15, 0.2) is 52.2 Å². The SMILES string of the molecule is O=C(Cc1csc(SCc2ccc(Cl)cc2Cl)n1)NCc1ccc(Cl)cc1. The molecule has 0 bridgehead atoms. The van der Waals surface area contributed by atoms with Crippen molar-refractivity contribution in [3.63, 3.8) is 0 Å². The summed E-state index contributed by atoms with van der Waals surface area (Å²) in [4.78, 5) is 16.6. The second-order valence-electron chi connectivity index (χ2n) is 5.71. The number of hydrogen-bond donors (Lipinski definition) is 1. The smallest absolute Gasteiger partial charge is 0.226 e. The molecular weight excluding hydrogens is 443 g/mol. The van der Waals surface area contributed by atoms with Crippen molar-refractivity contribution in [3.05, 3.63) is 79.7 Å². The Morgan fingerprint density at radius 3 is 2.56 bits per heavy atom. The van der Waals surface area contributed by atoms with Crippen LogP contribution in [0.4, 0.5) is 0 Å². The van der Waals surface area contributed by atoms with E-state index < -0.39 is 0 Å². The standard InChI is InChI=1S/C19H15Cl3N2OS2/c20-14-4-1-12(2-5-14)9-23-18(25)8-16-11-27-19(24-16)26-10-13-3-6-15(21)7-17(13)22/h1-7,11H,8-10H2,(H,23,25). The van der Waals surface area contributed by atoms with Crippen LogP contribution in [-0.2, 0) is 23.5 Å². The second-order valence-corrected chi connectivity index (χ2v) is 9.07. The predicted molar refractivity (Wildman–Crippen MR) is 115 cm³/mol. The van der Waals surface area contributed by atoms with E-state index in [1.165, 1.54) is 11.3 Å². The summed E-state index contributed by atoms with van der Waals surface area (Å²) < 4.78 is 0.904. The highest BCUT2D eigenvalue weighted by molar-refractivity contribution is 8.00. The van der Waals surface area contributed by atoms with Gasteiger partial charge in [-0.3, -0.25) is 4.79 Å². The van der Waals surface area contributed by atoms with E-state index in [-0.39, 0.29) is 12.3 Å². The van der Waals surface area contributed by atoms with Crippen LogP contribution in [-0.4, -0.2) is 10.9 Å². The number of benzene rings is 2. The maximum Gasteiger partial charge on any atom is 0.226 e. The van der Waals surface area contributed by atoms with E-state index in [4.69, 9.17) is 34.8 Å². The number of aromatic nitrogens is 1. The topological polar surface area (TPSA) is 42.0 Å². The molecule has 8 heteroatoms. The van der Waals surface area contributed by atoms with Crippen molar-refractivity contribution < 1.29 is 4.79 Å². The van der Waals surface area contributed by atoms with E-state index in [1.807, 2.05) is 29.6 Å². The Hall–Kier alpha value is -1.24. The maximum atomic E-state index is 12.1. The van der Waals surface area contributed by atoms with Gasteiger partial charge in [-0.05, 0) is 35.4 Å². The molecule has 0 unspecified atom stereocenters. The number of thioether (sulfide) groups is 1. The highest BCUT2D eigenvalue weighted by atomic mass is 35.5. The zero-order valence-electron chi connectivity index (χ0n) is 14.0. The number of thiazole rings is 1. The van der Waals surface area contributed by atoms with E-state index in [1.54, 1.807) is 30.0 Å². The highest BCUT2D eigenvalue weighted by Gasteiger charge is 2.09. The third kappa shape index (κ3) is 6.40. The first kappa shape index (κ1) is 20.5.